The second-order valence-electron chi connectivity index (χ2n) is 6.56. The minimum absolute atomic E-state index is 0.00467. The molecule has 0 aliphatic carbocycles. The molecule has 8 heteroatoms. The average molecular weight is 433 g/mol. The lowest BCUT2D eigenvalue weighted by Crippen LogP contribution is -2.35. The molecule has 1 aliphatic rings. The van der Waals surface area contributed by atoms with Crippen LogP contribution < -0.4 is 9.62 Å². The average Bonchev–Trinajstić information content (AvgIpc) is 3.38. The Morgan fingerprint density at radius 1 is 1.21 bits per heavy atom. The zero-order valence-corrected chi connectivity index (χ0v) is 17.8. The van der Waals surface area contributed by atoms with Crippen molar-refractivity contribution in [1.82, 2.24) is 0 Å². The molecule has 0 fully saturated rings. The fourth-order valence-corrected chi connectivity index (χ4v) is 6.32. The maximum absolute atomic E-state index is 12.8. The highest BCUT2D eigenvalue weighted by atomic mass is 32.2. The van der Waals surface area contributed by atoms with Gasteiger partial charge in [0.1, 0.15) is 4.21 Å². The van der Waals surface area contributed by atoms with Crippen molar-refractivity contribution in [2.24, 2.45) is 0 Å². The van der Waals surface area contributed by atoms with Crippen LogP contribution in [0.4, 0.5) is 11.4 Å². The highest BCUT2D eigenvalue weighted by Gasteiger charge is 2.25. The van der Waals surface area contributed by atoms with Crippen molar-refractivity contribution in [2.45, 2.75) is 30.4 Å². The quantitative estimate of drug-likeness (QED) is 0.632. The topological polar surface area (TPSA) is 66.5 Å². The van der Waals surface area contributed by atoms with Gasteiger partial charge < -0.3 is 4.90 Å². The Labute approximate surface area is 172 Å². The van der Waals surface area contributed by atoms with Crippen molar-refractivity contribution in [1.29, 1.82) is 0 Å². The SMILES string of the molecule is CCc1ccc(S(=O)(=O)Nc2ccc3c(c2)CCCN3C(=O)c2cccs2)s1. The van der Waals surface area contributed by atoms with Gasteiger partial charge in [-0.1, -0.05) is 13.0 Å². The molecule has 0 unspecified atom stereocenters. The van der Waals surface area contributed by atoms with Crippen molar-refractivity contribution in [3.8, 4) is 0 Å². The summed E-state index contributed by atoms with van der Waals surface area (Å²) >= 11 is 2.72. The largest absolute Gasteiger partial charge is 0.307 e. The minimum Gasteiger partial charge on any atom is -0.307 e. The predicted octanol–water partition coefficient (Wildman–Crippen LogP) is 4.77. The summed E-state index contributed by atoms with van der Waals surface area (Å²) in [6.07, 6.45) is 2.48. The summed E-state index contributed by atoms with van der Waals surface area (Å²) in [6, 6.07) is 12.6. The molecule has 1 aromatic carbocycles. The monoisotopic (exact) mass is 432 g/mol. The summed E-state index contributed by atoms with van der Waals surface area (Å²) in [5, 5.41) is 1.89. The summed E-state index contributed by atoms with van der Waals surface area (Å²) in [7, 11) is -3.60. The summed E-state index contributed by atoms with van der Waals surface area (Å²) in [6.45, 7) is 2.67. The lowest BCUT2D eigenvalue weighted by molar-refractivity contribution is 0.0989. The Morgan fingerprint density at radius 3 is 2.79 bits per heavy atom. The van der Waals surface area contributed by atoms with E-state index in [-0.39, 0.29) is 5.91 Å². The number of carbonyl (C=O) groups excluding carboxylic acids is 1. The van der Waals surface area contributed by atoms with E-state index in [0.717, 1.165) is 35.4 Å². The number of hydrogen-bond acceptors (Lipinski definition) is 5. The van der Waals surface area contributed by atoms with Gasteiger partial charge in [0.05, 0.1) is 4.88 Å². The fraction of sp³-hybridized carbons (Fsp3) is 0.250. The number of benzene rings is 1. The maximum atomic E-state index is 12.8. The van der Waals surface area contributed by atoms with Crippen LogP contribution >= 0.6 is 22.7 Å². The van der Waals surface area contributed by atoms with E-state index >= 15 is 0 Å². The molecule has 0 bridgehead atoms. The van der Waals surface area contributed by atoms with Crippen LogP contribution in [0.15, 0.2) is 52.1 Å². The molecule has 1 aliphatic heterocycles. The van der Waals surface area contributed by atoms with Crippen LogP contribution in [0.1, 0.15) is 33.5 Å². The second kappa shape index (κ2) is 7.69. The van der Waals surface area contributed by atoms with Crippen LogP contribution in [0.5, 0.6) is 0 Å². The van der Waals surface area contributed by atoms with Crippen molar-refractivity contribution in [2.75, 3.05) is 16.2 Å². The Balaban J connectivity index is 1.59. The van der Waals surface area contributed by atoms with Crippen LogP contribution in [-0.2, 0) is 22.9 Å². The first-order valence-corrected chi connectivity index (χ1v) is 12.3. The van der Waals surface area contributed by atoms with Gasteiger partial charge in [-0.15, -0.1) is 22.7 Å². The zero-order chi connectivity index (χ0) is 19.7. The molecule has 0 atom stereocenters. The molecule has 0 saturated heterocycles. The number of aryl methyl sites for hydroxylation is 2. The van der Waals surface area contributed by atoms with E-state index in [1.54, 1.807) is 17.0 Å². The zero-order valence-electron chi connectivity index (χ0n) is 15.3. The lowest BCUT2D eigenvalue weighted by atomic mass is 10.0. The van der Waals surface area contributed by atoms with E-state index in [2.05, 4.69) is 4.72 Å². The van der Waals surface area contributed by atoms with Gasteiger partial charge in [-0.05, 0) is 66.6 Å². The van der Waals surface area contributed by atoms with Gasteiger partial charge in [-0.25, -0.2) is 8.42 Å². The van der Waals surface area contributed by atoms with E-state index < -0.39 is 10.0 Å². The van der Waals surface area contributed by atoms with Crippen LogP contribution in [0.2, 0.25) is 0 Å². The molecule has 3 aromatic rings. The minimum atomic E-state index is -3.60. The van der Waals surface area contributed by atoms with E-state index in [9.17, 15) is 13.2 Å². The highest BCUT2D eigenvalue weighted by molar-refractivity contribution is 7.94. The Morgan fingerprint density at radius 2 is 2.07 bits per heavy atom. The normalized spacial score (nSPS) is 14.0. The first kappa shape index (κ1) is 19.2. The third-order valence-electron chi connectivity index (χ3n) is 4.68. The van der Waals surface area contributed by atoms with Gasteiger partial charge in [-0.2, -0.15) is 0 Å². The Kier molecular flexibility index (Phi) is 5.27. The molecule has 3 heterocycles. The molecular weight excluding hydrogens is 412 g/mol. The molecular formula is C20H20N2O3S3. The van der Waals surface area contributed by atoms with E-state index in [1.807, 2.05) is 42.6 Å². The fourth-order valence-electron chi connectivity index (χ4n) is 3.30. The van der Waals surface area contributed by atoms with Crippen LogP contribution in [0.3, 0.4) is 0 Å². The number of rotatable bonds is 5. The molecule has 5 nitrogen and oxygen atoms in total. The van der Waals surface area contributed by atoms with E-state index in [1.165, 1.54) is 22.7 Å². The van der Waals surface area contributed by atoms with Gasteiger partial charge >= 0.3 is 0 Å². The molecule has 0 spiro atoms. The number of sulfonamides is 1. The molecule has 2 aromatic heterocycles. The standard InChI is InChI=1S/C20H20N2O3S3/c1-2-16-8-10-19(27-16)28(24,25)21-15-7-9-17-14(13-15)5-3-11-22(17)20(23)18-6-4-12-26-18/h4,6-10,12-13,21H,2-3,5,11H2,1H3. The predicted molar refractivity (Wildman–Crippen MR) is 115 cm³/mol. The summed E-state index contributed by atoms with van der Waals surface area (Å²) in [5.41, 5.74) is 2.37. The lowest BCUT2D eigenvalue weighted by Gasteiger charge is -2.29. The van der Waals surface area contributed by atoms with Crippen molar-refractivity contribution in [3.05, 3.63) is 63.2 Å². The molecule has 4 rings (SSSR count). The number of hydrogen-bond donors (Lipinski definition) is 1. The van der Waals surface area contributed by atoms with Crippen LogP contribution in [0.25, 0.3) is 0 Å². The van der Waals surface area contributed by atoms with Crippen molar-refractivity contribution < 1.29 is 13.2 Å². The van der Waals surface area contributed by atoms with Crippen molar-refractivity contribution >= 4 is 50.0 Å². The molecule has 1 amide bonds. The summed E-state index contributed by atoms with van der Waals surface area (Å²) < 4.78 is 28.3. The van der Waals surface area contributed by atoms with Gasteiger partial charge in [0.15, 0.2) is 0 Å². The van der Waals surface area contributed by atoms with Gasteiger partial charge in [0, 0.05) is 22.8 Å². The summed E-state index contributed by atoms with van der Waals surface area (Å²) in [4.78, 5) is 16.3. The number of carbonyl (C=O) groups is 1. The highest BCUT2D eigenvalue weighted by Crippen LogP contribution is 2.32. The van der Waals surface area contributed by atoms with Gasteiger partial charge in [-0.3, -0.25) is 9.52 Å². The first-order valence-electron chi connectivity index (χ1n) is 9.08. The number of anilines is 2. The van der Waals surface area contributed by atoms with E-state index in [4.69, 9.17) is 0 Å². The molecule has 0 radical (unpaired) electrons. The van der Waals surface area contributed by atoms with Crippen molar-refractivity contribution in [3.63, 3.8) is 0 Å². The first-order chi connectivity index (χ1) is 13.5. The van der Waals surface area contributed by atoms with E-state index in [0.29, 0.717) is 21.3 Å². The molecule has 0 saturated carbocycles. The van der Waals surface area contributed by atoms with Crippen LogP contribution in [-0.4, -0.2) is 20.9 Å². The number of nitrogens with zero attached hydrogens (tertiary/aromatic N) is 1. The molecule has 28 heavy (non-hydrogen) atoms. The number of fused-ring (bicyclic) bond motifs is 1. The Hall–Kier alpha value is -2.16. The Bertz CT molecular complexity index is 1100. The number of thiophene rings is 2. The number of amides is 1. The number of nitrogens with one attached hydrogen (secondary N) is 1. The smallest absolute Gasteiger partial charge is 0.271 e. The van der Waals surface area contributed by atoms with Gasteiger partial charge in [0.2, 0.25) is 0 Å². The second-order valence-corrected chi connectivity index (χ2v) is 10.6. The maximum Gasteiger partial charge on any atom is 0.271 e. The third-order valence-corrected chi connectivity index (χ3v) is 8.64. The summed E-state index contributed by atoms with van der Waals surface area (Å²) in [5.74, 6) is -0.00467. The third kappa shape index (κ3) is 3.72. The van der Waals surface area contributed by atoms with Crippen LogP contribution in [0, 0.1) is 0 Å². The molecule has 1 N–H and O–H groups in total. The molecule has 146 valence electrons. The van der Waals surface area contributed by atoms with Gasteiger partial charge in [0.25, 0.3) is 15.9 Å².